The first-order valence-electron chi connectivity index (χ1n) is 10.7. The summed E-state index contributed by atoms with van der Waals surface area (Å²) in [6, 6.07) is 15.8. The summed E-state index contributed by atoms with van der Waals surface area (Å²) in [5.74, 6) is 1.61. The van der Waals surface area contributed by atoms with Crippen LogP contribution in [0.1, 0.15) is 29.7 Å². The summed E-state index contributed by atoms with van der Waals surface area (Å²) in [4.78, 5) is 19.2. The fourth-order valence-corrected chi connectivity index (χ4v) is 5.60. The van der Waals surface area contributed by atoms with Crippen LogP contribution in [0.15, 0.2) is 42.5 Å². The number of rotatable bonds is 5. The Morgan fingerprint density at radius 2 is 2.23 bits per heavy atom. The lowest BCUT2D eigenvalue weighted by atomic mass is 9.73. The first-order chi connectivity index (χ1) is 14.6. The van der Waals surface area contributed by atoms with Crippen molar-refractivity contribution in [3.63, 3.8) is 0 Å². The summed E-state index contributed by atoms with van der Waals surface area (Å²) >= 11 is 0. The van der Waals surface area contributed by atoms with Crippen LogP contribution >= 0.6 is 0 Å². The molecule has 3 aliphatic heterocycles. The number of carbonyl (C=O) groups excluding carboxylic acids is 1. The van der Waals surface area contributed by atoms with Gasteiger partial charge >= 0.3 is 0 Å². The highest BCUT2D eigenvalue weighted by molar-refractivity contribution is 5.78. The van der Waals surface area contributed by atoms with Gasteiger partial charge < -0.3 is 15.0 Å². The maximum Gasteiger partial charge on any atom is 0.224 e. The minimum atomic E-state index is -0.138. The molecule has 0 aliphatic carbocycles. The smallest absolute Gasteiger partial charge is 0.224 e. The summed E-state index contributed by atoms with van der Waals surface area (Å²) in [6.07, 6.45) is 2.75. The molecule has 1 spiro atoms. The number of nitriles is 1. The number of hydrogen-bond donors (Lipinski definition) is 1. The van der Waals surface area contributed by atoms with Gasteiger partial charge in [0.1, 0.15) is 17.6 Å². The number of nitrogens with zero attached hydrogens (tertiary/aromatic N) is 3. The molecule has 2 bridgehead atoms. The molecule has 1 N–H and O–H groups in total. The molecule has 5 rings (SSSR count). The summed E-state index contributed by atoms with van der Waals surface area (Å²) in [5.41, 5.74) is 2.51. The molecule has 1 aromatic carbocycles. The van der Waals surface area contributed by atoms with Gasteiger partial charge in [-0.25, -0.2) is 4.98 Å². The number of fused-ring (bicyclic) bond motifs is 1. The van der Waals surface area contributed by atoms with Crippen molar-refractivity contribution in [3.05, 3.63) is 59.3 Å². The van der Waals surface area contributed by atoms with Crippen LogP contribution in [0, 0.1) is 30.1 Å². The summed E-state index contributed by atoms with van der Waals surface area (Å²) in [5, 5.41) is 12.3. The van der Waals surface area contributed by atoms with E-state index in [9.17, 15) is 4.79 Å². The summed E-state index contributed by atoms with van der Waals surface area (Å²) in [6.45, 7) is 4.36. The first kappa shape index (κ1) is 19.1. The number of benzene rings is 1. The largest absolute Gasteiger partial charge is 0.369 e. The fourth-order valence-electron chi connectivity index (χ4n) is 5.60. The van der Waals surface area contributed by atoms with Crippen molar-refractivity contribution in [2.75, 3.05) is 24.5 Å². The van der Waals surface area contributed by atoms with Crippen LogP contribution in [0.2, 0.25) is 0 Å². The monoisotopic (exact) mass is 402 g/mol. The molecular weight excluding hydrogens is 376 g/mol. The van der Waals surface area contributed by atoms with Crippen LogP contribution in [0.3, 0.4) is 0 Å². The minimum Gasteiger partial charge on any atom is -0.369 e. The van der Waals surface area contributed by atoms with Gasteiger partial charge in [-0.15, -0.1) is 0 Å². The third kappa shape index (κ3) is 3.33. The maximum atomic E-state index is 12.5. The van der Waals surface area contributed by atoms with Gasteiger partial charge in [0.05, 0.1) is 18.1 Å². The predicted octanol–water partition coefficient (Wildman–Crippen LogP) is 2.60. The number of aromatic nitrogens is 1. The lowest BCUT2D eigenvalue weighted by molar-refractivity contribution is -0.120. The molecule has 3 aliphatic rings. The van der Waals surface area contributed by atoms with Crippen LogP contribution in [-0.2, 0) is 16.0 Å². The Hall–Kier alpha value is -2.91. The number of amides is 1. The molecule has 3 saturated heterocycles. The highest BCUT2D eigenvalue weighted by atomic mass is 16.5. The Kier molecular flexibility index (Phi) is 4.71. The number of nitrogens with one attached hydrogen (secondary N) is 1. The minimum absolute atomic E-state index is 0.0654. The van der Waals surface area contributed by atoms with Gasteiger partial charge in [0, 0.05) is 31.5 Å². The predicted molar refractivity (Wildman–Crippen MR) is 113 cm³/mol. The van der Waals surface area contributed by atoms with Gasteiger partial charge in [-0.05, 0) is 37.5 Å². The Morgan fingerprint density at radius 3 is 3.07 bits per heavy atom. The molecule has 0 unspecified atom stereocenters. The number of ether oxygens (including phenoxy) is 1. The second-order valence-electron chi connectivity index (χ2n) is 8.87. The molecule has 4 atom stereocenters. The van der Waals surface area contributed by atoms with E-state index in [2.05, 4.69) is 27.3 Å². The molecule has 154 valence electrons. The van der Waals surface area contributed by atoms with Crippen LogP contribution < -0.4 is 10.2 Å². The molecular formula is C24H26N4O2. The third-order valence-corrected chi connectivity index (χ3v) is 6.94. The lowest BCUT2D eigenvalue weighted by Crippen LogP contribution is -2.42. The topological polar surface area (TPSA) is 78.3 Å². The van der Waals surface area contributed by atoms with Gasteiger partial charge in [0.2, 0.25) is 5.91 Å². The molecule has 6 nitrogen and oxygen atoms in total. The van der Waals surface area contributed by atoms with Crippen molar-refractivity contribution in [3.8, 4) is 6.07 Å². The molecule has 1 amide bonds. The molecule has 2 aromatic rings. The molecule has 4 heterocycles. The Bertz CT molecular complexity index is 1020. The number of aryl methyl sites for hydroxylation is 1. The van der Waals surface area contributed by atoms with Crippen LogP contribution in [0.5, 0.6) is 0 Å². The van der Waals surface area contributed by atoms with Gasteiger partial charge in [-0.2, -0.15) is 5.26 Å². The van der Waals surface area contributed by atoms with E-state index in [1.807, 2.05) is 37.3 Å². The zero-order chi connectivity index (χ0) is 20.7. The van der Waals surface area contributed by atoms with Gasteiger partial charge in [-0.1, -0.05) is 35.9 Å². The summed E-state index contributed by atoms with van der Waals surface area (Å²) in [7, 11) is 0. The van der Waals surface area contributed by atoms with E-state index in [1.54, 1.807) is 6.07 Å². The van der Waals surface area contributed by atoms with E-state index >= 15 is 0 Å². The second kappa shape index (κ2) is 7.41. The quantitative estimate of drug-likeness (QED) is 0.832. The highest BCUT2D eigenvalue weighted by Gasteiger charge is 2.63. The fraction of sp³-hybridized carbons (Fsp3) is 0.458. The van der Waals surface area contributed by atoms with Crippen molar-refractivity contribution >= 4 is 11.7 Å². The Morgan fingerprint density at radius 1 is 1.37 bits per heavy atom. The molecule has 3 fully saturated rings. The van der Waals surface area contributed by atoms with Crippen molar-refractivity contribution in [2.45, 2.75) is 37.9 Å². The molecule has 30 heavy (non-hydrogen) atoms. The second-order valence-corrected chi connectivity index (χ2v) is 8.87. The van der Waals surface area contributed by atoms with Crippen LogP contribution in [0.4, 0.5) is 5.82 Å². The number of carbonyl (C=O) groups is 1. The van der Waals surface area contributed by atoms with E-state index in [1.165, 1.54) is 5.56 Å². The van der Waals surface area contributed by atoms with E-state index in [0.717, 1.165) is 37.3 Å². The van der Waals surface area contributed by atoms with E-state index in [4.69, 9.17) is 10.00 Å². The zero-order valence-electron chi connectivity index (χ0n) is 17.2. The number of pyridine rings is 1. The zero-order valence-corrected chi connectivity index (χ0v) is 17.2. The average molecular weight is 402 g/mol. The Balaban J connectivity index is 1.25. The average Bonchev–Trinajstić information content (AvgIpc) is 3.41. The van der Waals surface area contributed by atoms with Gasteiger partial charge in [0.15, 0.2) is 0 Å². The molecule has 1 aromatic heterocycles. The first-order valence-corrected chi connectivity index (χ1v) is 10.7. The standard InChI is InChI=1S/C24H26N4O2/c1-16-4-2-5-17(10-16)11-23(29)26-13-19-20-14-28(15-24(20)9-8-21(19)30-24)22-7-3-6-18(12-25)27-22/h2-7,10,19-21H,8-9,11,13-15H2,1H3,(H,26,29)/t19-,20+,21+,24+/m0/s1. The van der Waals surface area contributed by atoms with Gasteiger partial charge in [-0.3, -0.25) is 4.79 Å². The molecule has 0 saturated carbocycles. The lowest BCUT2D eigenvalue weighted by Gasteiger charge is -2.29. The Labute approximate surface area is 176 Å². The maximum absolute atomic E-state index is 12.5. The van der Waals surface area contributed by atoms with Crippen LogP contribution in [-0.4, -0.2) is 42.2 Å². The molecule has 0 radical (unpaired) electrons. The SMILES string of the molecule is Cc1cccc(CC(=O)NC[C@H]2[C@H]3CN(c4cccc(C#N)n4)C[C@]34CC[C@H]2O4)c1. The van der Waals surface area contributed by atoms with Crippen molar-refractivity contribution < 1.29 is 9.53 Å². The molecule has 6 heteroatoms. The third-order valence-electron chi connectivity index (χ3n) is 6.94. The van der Waals surface area contributed by atoms with Crippen molar-refractivity contribution in [1.29, 1.82) is 5.26 Å². The van der Waals surface area contributed by atoms with Crippen LogP contribution in [0.25, 0.3) is 0 Å². The van der Waals surface area contributed by atoms with E-state index in [-0.39, 0.29) is 17.6 Å². The van der Waals surface area contributed by atoms with Gasteiger partial charge in [0.25, 0.3) is 0 Å². The van der Waals surface area contributed by atoms with E-state index in [0.29, 0.717) is 30.5 Å². The number of hydrogen-bond acceptors (Lipinski definition) is 5. The van der Waals surface area contributed by atoms with E-state index < -0.39 is 0 Å². The highest BCUT2D eigenvalue weighted by Crippen LogP contribution is 2.55. The van der Waals surface area contributed by atoms with Crippen molar-refractivity contribution in [2.24, 2.45) is 11.8 Å². The number of anilines is 1. The summed E-state index contributed by atoms with van der Waals surface area (Å²) < 4.78 is 6.49. The normalized spacial score (nSPS) is 28.9. The van der Waals surface area contributed by atoms with Crippen molar-refractivity contribution in [1.82, 2.24) is 10.3 Å².